The third-order valence-corrected chi connectivity index (χ3v) is 0.244. The molecule has 0 aromatic heterocycles. The fourth-order valence-electron chi connectivity index (χ4n) is 0.101. The molecule has 1 amide bonds. The van der Waals surface area contributed by atoms with E-state index >= 15 is 0 Å². The van der Waals surface area contributed by atoms with Gasteiger partial charge in [-0.25, -0.2) is 0 Å². The smallest absolute Gasteiger partial charge is 0.338 e. The van der Waals surface area contributed by atoms with E-state index in [9.17, 15) is 4.79 Å². The Morgan fingerprint density at radius 1 is 2.00 bits per heavy atom. The summed E-state index contributed by atoms with van der Waals surface area (Å²) in [5.41, 5.74) is 4.60. The minimum absolute atomic E-state index is 0.0972. The topological polar surface area (TPSA) is 54.4 Å². The lowest BCUT2D eigenvalue weighted by Crippen LogP contribution is -2.15. The van der Waals surface area contributed by atoms with Crippen molar-refractivity contribution in [1.29, 1.82) is 0 Å². The summed E-state index contributed by atoms with van der Waals surface area (Å²) in [5, 5.41) is 0. The molecule has 3 heteroatoms. The molecule has 0 saturated carbocycles. The lowest BCUT2D eigenvalue weighted by molar-refractivity contribution is -0.433. The van der Waals surface area contributed by atoms with Gasteiger partial charge >= 0.3 is 12.5 Å². The van der Waals surface area contributed by atoms with Gasteiger partial charge in [-0.1, -0.05) is 0 Å². The molecule has 0 aliphatic rings. The van der Waals surface area contributed by atoms with Crippen molar-refractivity contribution in [3.63, 3.8) is 0 Å². The van der Waals surface area contributed by atoms with E-state index in [0.717, 1.165) is 0 Å². The summed E-state index contributed by atoms with van der Waals surface area (Å²) in [7, 11) is 0. The van der Waals surface area contributed by atoms with Gasteiger partial charge in [-0.05, 0) is 0 Å². The van der Waals surface area contributed by atoms with Crippen molar-refractivity contribution in [3.05, 3.63) is 0 Å². The highest BCUT2D eigenvalue weighted by Crippen LogP contribution is 1.49. The predicted octanol–water partition coefficient (Wildman–Crippen LogP) is -1.16. The zero-order valence-corrected chi connectivity index (χ0v) is 3.31. The van der Waals surface area contributed by atoms with E-state index in [1.54, 1.807) is 0 Å². The van der Waals surface area contributed by atoms with Crippen LogP contribution in [0.15, 0.2) is 0 Å². The normalized spacial score (nSPS) is 7.33. The van der Waals surface area contributed by atoms with Crippen molar-refractivity contribution in [1.82, 2.24) is 0 Å². The lowest BCUT2D eigenvalue weighted by atomic mass is 10.7. The fraction of sp³-hybridized carbons (Fsp3) is 0.333. The van der Waals surface area contributed by atoms with E-state index in [4.69, 9.17) is 0 Å². The van der Waals surface area contributed by atoms with Crippen LogP contribution in [0.5, 0.6) is 0 Å². The van der Waals surface area contributed by atoms with E-state index in [1.165, 1.54) is 0 Å². The van der Waals surface area contributed by atoms with Crippen LogP contribution in [-0.2, 0) is 9.22 Å². The second kappa shape index (κ2) is 2.38. The average Bonchev–Trinajstić information content (AvgIpc) is 1.35. The first-order valence-corrected chi connectivity index (χ1v) is 1.42. The third-order valence-electron chi connectivity index (χ3n) is 0.244. The summed E-state index contributed by atoms with van der Waals surface area (Å²) < 4.78 is 4.08. The molecule has 0 atom stereocenters. The molecule has 3 nitrogen and oxygen atoms in total. The standard InChI is InChI=1S/C3H5NO2/c1-6-2-3(4)5/h1-2H2,(H-,4,5)/p+1. The maximum absolute atomic E-state index is 9.66. The van der Waals surface area contributed by atoms with Gasteiger partial charge < -0.3 is 5.73 Å². The monoisotopic (exact) mass is 88.0 g/mol. The Morgan fingerprint density at radius 2 is 2.50 bits per heavy atom. The largest absolute Gasteiger partial charge is 0.362 e. The van der Waals surface area contributed by atoms with Gasteiger partial charge in [0, 0.05) is 0 Å². The lowest BCUT2D eigenvalue weighted by Gasteiger charge is -1.67. The summed E-state index contributed by atoms with van der Waals surface area (Å²) in [6.07, 6.45) is 0. The van der Waals surface area contributed by atoms with Crippen LogP contribution in [0.4, 0.5) is 0 Å². The second-order valence-corrected chi connectivity index (χ2v) is 0.815. The first-order chi connectivity index (χ1) is 2.77. The molecule has 0 unspecified atom stereocenters. The number of carbonyl (C=O) groups excluding carboxylic acids is 2. The van der Waals surface area contributed by atoms with E-state index in [0.29, 0.717) is 0 Å². The average molecular weight is 88.1 g/mol. The number of hydrogen-bond acceptors (Lipinski definition) is 1. The van der Waals surface area contributed by atoms with E-state index in [1.807, 2.05) is 0 Å². The first-order valence-electron chi connectivity index (χ1n) is 1.42. The Kier molecular flexibility index (Phi) is 2.04. The van der Waals surface area contributed by atoms with Crippen molar-refractivity contribution in [2.24, 2.45) is 5.73 Å². The minimum atomic E-state index is -0.495. The Balaban J connectivity index is 3.05. The molecule has 0 spiro atoms. The van der Waals surface area contributed by atoms with Gasteiger partial charge in [0.2, 0.25) is 0 Å². The summed E-state index contributed by atoms with van der Waals surface area (Å²) in [5.74, 6) is -0.495. The van der Waals surface area contributed by atoms with Crippen molar-refractivity contribution < 1.29 is 9.22 Å². The zero-order valence-electron chi connectivity index (χ0n) is 3.31. The van der Waals surface area contributed by atoms with Crippen LogP contribution in [-0.4, -0.2) is 19.3 Å². The van der Waals surface area contributed by atoms with Crippen molar-refractivity contribution in [2.45, 2.75) is 0 Å². The third kappa shape index (κ3) is 3.14. The van der Waals surface area contributed by atoms with Gasteiger partial charge in [0.1, 0.15) is 0 Å². The predicted molar refractivity (Wildman–Crippen MR) is 21.2 cm³/mol. The second-order valence-electron chi connectivity index (χ2n) is 0.815. The van der Waals surface area contributed by atoms with Crippen LogP contribution in [0.25, 0.3) is 0 Å². The van der Waals surface area contributed by atoms with Gasteiger partial charge in [-0.2, -0.15) is 0 Å². The van der Waals surface area contributed by atoms with Gasteiger partial charge in [-0.3, -0.25) is 9.22 Å². The van der Waals surface area contributed by atoms with Crippen LogP contribution in [0.3, 0.4) is 0 Å². The van der Waals surface area contributed by atoms with Gasteiger partial charge in [0.05, 0.1) is 0 Å². The van der Waals surface area contributed by atoms with Crippen LogP contribution in [0, 0.1) is 0 Å². The molecule has 0 rings (SSSR count). The van der Waals surface area contributed by atoms with Crippen molar-refractivity contribution in [2.75, 3.05) is 6.61 Å². The molecular formula is C3H6NO2+. The van der Waals surface area contributed by atoms with Gasteiger partial charge in [-0.15, -0.1) is 0 Å². The van der Waals surface area contributed by atoms with Crippen molar-refractivity contribution >= 4 is 12.7 Å². The number of rotatable bonds is 2. The van der Waals surface area contributed by atoms with Crippen LogP contribution < -0.4 is 5.73 Å². The quantitative estimate of drug-likeness (QED) is 0.425. The minimum Gasteiger partial charge on any atom is -0.362 e. The number of amides is 1. The van der Waals surface area contributed by atoms with E-state index in [-0.39, 0.29) is 6.61 Å². The molecule has 0 fully saturated rings. The summed E-state index contributed by atoms with van der Waals surface area (Å²) in [6, 6.07) is 0. The molecule has 0 aliphatic heterocycles. The number of carbonyl (C=O) groups is 1. The first kappa shape index (κ1) is 5.14. The van der Waals surface area contributed by atoms with Crippen LogP contribution in [0.2, 0.25) is 0 Å². The molecule has 2 N–H and O–H groups in total. The maximum atomic E-state index is 9.66. The SMILES string of the molecule is C=[O+]CC(N)=O. The zero-order chi connectivity index (χ0) is 4.99. The molecule has 0 heterocycles. The van der Waals surface area contributed by atoms with Gasteiger partial charge in [0.15, 0.2) is 0 Å². The molecule has 0 bridgehead atoms. The maximum Gasteiger partial charge on any atom is 0.338 e. The van der Waals surface area contributed by atoms with Crippen LogP contribution >= 0.6 is 0 Å². The Labute approximate surface area is 35.5 Å². The van der Waals surface area contributed by atoms with E-state index in [2.05, 4.69) is 16.9 Å². The molecule has 0 aromatic rings. The Morgan fingerprint density at radius 3 is 2.50 bits per heavy atom. The Hall–Kier alpha value is -0.860. The highest BCUT2D eigenvalue weighted by Gasteiger charge is 1.93. The molecule has 0 aliphatic carbocycles. The number of hydrogen-bond donors (Lipinski definition) is 1. The molecule has 0 aromatic carbocycles. The molecular weight excluding hydrogens is 82.0 g/mol. The molecule has 34 valence electrons. The highest BCUT2D eigenvalue weighted by atomic mass is 16.4. The molecule has 6 heavy (non-hydrogen) atoms. The summed E-state index contributed by atoms with van der Waals surface area (Å²) >= 11 is 0. The summed E-state index contributed by atoms with van der Waals surface area (Å²) in [4.78, 5) is 9.66. The number of primary amides is 1. The summed E-state index contributed by atoms with van der Waals surface area (Å²) in [6.45, 7) is 2.83. The number of nitrogens with two attached hydrogens (primary N) is 1. The van der Waals surface area contributed by atoms with E-state index < -0.39 is 5.91 Å². The Bertz CT molecular complexity index is 69.2. The highest BCUT2D eigenvalue weighted by molar-refractivity contribution is 5.74. The fourth-order valence-corrected chi connectivity index (χ4v) is 0.101. The van der Waals surface area contributed by atoms with Gasteiger partial charge in [0.25, 0.3) is 6.79 Å². The molecule has 0 saturated heterocycles. The van der Waals surface area contributed by atoms with Crippen molar-refractivity contribution in [3.8, 4) is 0 Å². The van der Waals surface area contributed by atoms with Crippen LogP contribution in [0.1, 0.15) is 0 Å². The molecule has 0 radical (unpaired) electrons.